The van der Waals surface area contributed by atoms with Gasteiger partial charge < -0.3 is 15.8 Å². The van der Waals surface area contributed by atoms with Crippen molar-refractivity contribution >= 4 is 41.6 Å². The molecule has 5 nitrogen and oxygen atoms in total. The highest BCUT2D eigenvalue weighted by Gasteiger charge is 2.11. The molecule has 0 saturated heterocycles. The van der Waals surface area contributed by atoms with Gasteiger partial charge in [0.25, 0.3) is 0 Å². The lowest BCUT2D eigenvalue weighted by Gasteiger charge is -2.08. The molecule has 1 unspecified atom stereocenters. The van der Waals surface area contributed by atoms with Gasteiger partial charge in [-0.25, -0.2) is 0 Å². The normalized spacial score (nSPS) is 12.2. The molecule has 0 heterocycles. The van der Waals surface area contributed by atoms with Crippen LogP contribution in [0.5, 0.6) is 0 Å². The summed E-state index contributed by atoms with van der Waals surface area (Å²) >= 11 is 0. The van der Waals surface area contributed by atoms with E-state index in [0.717, 1.165) is 5.69 Å². The number of esters is 1. The third kappa shape index (κ3) is 5.85. The Morgan fingerprint density at radius 3 is 2.61 bits per heavy atom. The van der Waals surface area contributed by atoms with Gasteiger partial charge in [-0.2, -0.15) is 0 Å². The number of nitrogens with one attached hydrogen (secondary N) is 1. The van der Waals surface area contributed by atoms with Gasteiger partial charge in [0.05, 0.1) is 19.6 Å². The minimum Gasteiger partial charge on any atom is -0.469 e. The summed E-state index contributed by atoms with van der Waals surface area (Å²) in [4.78, 5) is 15.2. The van der Waals surface area contributed by atoms with Crippen molar-refractivity contribution in [3.8, 4) is 0 Å². The molecule has 0 amide bonds. The van der Waals surface area contributed by atoms with E-state index in [2.05, 4.69) is 15.0 Å². The molecule has 0 spiro atoms. The van der Waals surface area contributed by atoms with Gasteiger partial charge in [-0.15, -0.1) is 24.0 Å². The third-order valence-corrected chi connectivity index (χ3v) is 2.19. The number of anilines is 1. The lowest BCUT2D eigenvalue weighted by molar-refractivity contribution is -0.144. The average Bonchev–Trinajstić information content (AvgIpc) is 2.36. The second-order valence-electron chi connectivity index (χ2n) is 3.64. The number of carbonyl (C=O) groups excluding carboxylic acids is 1. The van der Waals surface area contributed by atoms with Crippen molar-refractivity contribution in [2.24, 2.45) is 16.6 Å². The summed E-state index contributed by atoms with van der Waals surface area (Å²) in [7, 11) is 1.36. The maximum absolute atomic E-state index is 11.1. The van der Waals surface area contributed by atoms with Gasteiger partial charge in [0, 0.05) is 5.69 Å². The predicted octanol–water partition coefficient (Wildman–Crippen LogP) is 1.84. The van der Waals surface area contributed by atoms with E-state index in [4.69, 9.17) is 5.73 Å². The number of methoxy groups -OCH3 is 1. The number of hydrogen-bond donors (Lipinski definition) is 2. The van der Waals surface area contributed by atoms with Crippen molar-refractivity contribution in [3.63, 3.8) is 0 Å². The van der Waals surface area contributed by atoms with E-state index in [1.165, 1.54) is 7.11 Å². The summed E-state index contributed by atoms with van der Waals surface area (Å²) in [5.41, 5.74) is 6.54. The van der Waals surface area contributed by atoms with E-state index in [0.29, 0.717) is 6.54 Å². The minimum absolute atomic E-state index is 0. The molecule has 6 heteroatoms. The number of ether oxygens (including phenoxy) is 1. The zero-order valence-electron chi connectivity index (χ0n) is 10.4. The molecule has 0 aromatic heterocycles. The van der Waals surface area contributed by atoms with Gasteiger partial charge in [0.2, 0.25) is 0 Å². The van der Waals surface area contributed by atoms with E-state index in [-0.39, 0.29) is 41.8 Å². The van der Waals surface area contributed by atoms with E-state index in [1.54, 1.807) is 6.92 Å². The van der Waals surface area contributed by atoms with Crippen molar-refractivity contribution in [3.05, 3.63) is 30.3 Å². The van der Waals surface area contributed by atoms with Gasteiger partial charge in [-0.3, -0.25) is 9.79 Å². The van der Waals surface area contributed by atoms with Crippen LogP contribution in [0.3, 0.4) is 0 Å². The smallest absolute Gasteiger partial charge is 0.310 e. The molecule has 0 bridgehead atoms. The van der Waals surface area contributed by atoms with Crippen LogP contribution in [0.15, 0.2) is 35.3 Å². The Balaban J connectivity index is 0.00000289. The topological polar surface area (TPSA) is 76.7 Å². The molecular weight excluding hydrogens is 345 g/mol. The highest BCUT2D eigenvalue weighted by molar-refractivity contribution is 14.0. The van der Waals surface area contributed by atoms with Crippen molar-refractivity contribution in [1.82, 2.24) is 0 Å². The van der Waals surface area contributed by atoms with Gasteiger partial charge >= 0.3 is 5.97 Å². The number of aliphatic imine (C=N–C) groups is 1. The highest BCUT2D eigenvalue weighted by atomic mass is 127. The minimum atomic E-state index is -0.295. The quantitative estimate of drug-likeness (QED) is 0.371. The van der Waals surface area contributed by atoms with Gasteiger partial charge in [-0.05, 0) is 12.1 Å². The lowest BCUT2D eigenvalue weighted by Crippen LogP contribution is -2.25. The number of nitrogens with two attached hydrogens (primary N) is 1. The SMILES string of the molecule is COC(=O)C(C)CN=C(N)Nc1ccccc1.I. The number of rotatable bonds is 4. The zero-order chi connectivity index (χ0) is 12.7. The predicted molar refractivity (Wildman–Crippen MR) is 83.1 cm³/mol. The first kappa shape index (κ1) is 16.7. The average molecular weight is 363 g/mol. The van der Waals surface area contributed by atoms with Crippen LogP contribution in [0.1, 0.15) is 6.92 Å². The molecule has 1 atom stereocenters. The van der Waals surface area contributed by atoms with Crippen LogP contribution in [0.4, 0.5) is 5.69 Å². The number of benzene rings is 1. The Hall–Kier alpha value is -1.31. The molecule has 0 fully saturated rings. The molecule has 1 rings (SSSR count). The maximum Gasteiger partial charge on any atom is 0.310 e. The van der Waals surface area contributed by atoms with Crippen LogP contribution in [0.2, 0.25) is 0 Å². The molecule has 0 aliphatic rings. The Kier molecular flexibility index (Phi) is 8.10. The standard InChI is InChI=1S/C12H17N3O2.HI/c1-9(11(16)17-2)8-14-12(13)15-10-6-4-3-5-7-10;/h3-7,9H,8H2,1-2H3,(H3,13,14,15);1H. The molecule has 0 aliphatic carbocycles. The number of para-hydroxylation sites is 1. The molecule has 3 N–H and O–H groups in total. The number of nitrogens with zero attached hydrogens (tertiary/aromatic N) is 1. The summed E-state index contributed by atoms with van der Waals surface area (Å²) in [6.07, 6.45) is 0. The molecule has 18 heavy (non-hydrogen) atoms. The first-order valence-corrected chi connectivity index (χ1v) is 5.33. The first-order chi connectivity index (χ1) is 8.13. The maximum atomic E-state index is 11.1. The summed E-state index contributed by atoms with van der Waals surface area (Å²) in [5.74, 6) is -0.302. The number of halogens is 1. The van der Waals surface area contributed by atoms with E-state index < -0.39 is 0 Å². The monoisotopic (exact) mass is 363 g/mol. The van der Waals surface area contributed by atoms with E-state index >= 15 is 0 Å². The Bertz CT molecular complexity index is 396. The van der Waals surface area contributed by atoms with Gasteiger partial charge in [0.15, 0.2) is 5.96 Å². The fourth-order valence-corrected chi connectivity index (χ4v) is 1.22. The fourth-order valence-electron chi connectivity index (χ4n) is 1.22. The molecule has 0 saturated carbocycles. The second-order valence-corrected chi connectivity index (χ2v) is 3.64. The Morgan fingerprint density at radius 1 is 1.44 bits per heavy atom. The largest absolute Gasteiger partial charge is 0.469 e. The van der Waals surface area contributed by atoms with E-state index in [9.17, 15) is 4.79 Å². The van der Waals surface area contributed by atoms with Crippen LogP contribution in [0, 0.1) is 5.92 Å². The van der Waals surface area contributed by atoms with Gasteiger partial charge in [0.1, 0.15) is 0 Å². The molecule has 0 radical (unpaired) electrons. The Morgan fingerprint density at radius 2 is 2.06 bits per heavy atom. The van der Waals surface area contributed by atoms with E-state index in [1.807, 2.05) is 30.3 Å². The molecule has 1 aromatic rings. The van der Waals surface area contributed by atoms with Crippen LogP contribution in [0.25, 0.3) is 0 Å². The summed E-state index contributed by atoms with van der Waals surface area (Å²) in [6, 6.07) is 9.47. The summed E-state index contributed by atoms with van der Waals surface area (Å²) in [6.45, 7) is 2.05. The van der Waals surface area contributed by atoms with Crippen LogP contribution < -0.4 is 11.1 Å². The molecule has 1 aromatic carbocycles. The van der Waals surface area contributed by atoms with Gasteiger partial charge in [-0.1, -0.05) is 25.1 Å². The van der Waals surface area contributed by atoms with Crippen LogP contribution >= 0.6 is 24.0 Å². The van der Waals surface area contributed by atoms with Crippen LogP contribution in [-0.4, -0.2) is 25.6 Å². The lowest BCUT2D eigenvalue weighted by atomic mass is 10.2. The second kappa shape index (κ2) is 8.73. The number of guanidine groups is 1. The number of hydrogen-bond acceptors (Lipinski definition) is 3. The summed E-state index contributed by atoms with van der Waals surface area (Å²) in [5, 5.41) is 2.93. The fraction of sp³-hybridized carbons (Fsp3) is 0.333. The van der Waals surface area contributed by atoms with Crippen molar-refractivity contribution in [2.45, 2.75) is 6.92 Å². The Labute approximate surface area is 124 Å². The molecule has 100 valence electrons. The van der Waals surface area contributed by atoms with Crippen molar-refractivity contribution in [2.75, 3.05) is 19.0 Å². The van der Waals surface area contributed by atoms with Crippen molar-refractivity contribution in [1.29, 1.82) is 0 Å². The zero-order valence-corrected chi connectivity index (χ0v) is 12.8. The third-order valence-electron chi connectivity index (χ3n) is 2.19. The molecule has 0 aliphatic heterocycles. The first-order valence-electron chi connectivity index (χ1n) is 5.33. The summed E-state index contributed by atoms with van der Waals surface area (Å²) < 4.78 is 4.59. The number of carbonyl (C=O) groups is 1. The molecular formula is C12H18IN3O2. The van der Waals surface area contributed by atoms with Crippen molar-refractivity contribution < 1.29 is 9.53 Å². The highest BCUT2D eigenvalue weighted by Crippen LogP contribution is 2.04. The van der Waals surface area contributed by atoms with Crippen LogP contribution in [-0.2, 0) is 9.53 Å².